The molecule has 0 saturated heterocycles. The van der Waals surface area contributed by atoms with E-state index in [0.717, 1.165) is 122 Å². The van der Waals surface area contributed by atoms with Crippen LogP contribution in [0.3, 0.4) is 0 Å². The van der Waals surface area contributed by atoms with Gasteiger partial charge in [0.15, 0.2) is 17.3 Å². The van der Waals surface area contributed by atoms with Gasteiger partial charge in [-0.25, -0.2) is 9.59 Å². The molecule has 2 aromatic carbocycles. The molecule has 19 heteroatoms. The zero-order valence-electron chi connectivity index (χ0n) is 56.0. The van der Waals surface area contributed by atoms with Crippen LogP contribution in [0.2, 0.25) is 0 Å². The summed E-state index contributed by atoms with van der Waals surface area (Å²) in [7, 11) is 3.23. The van der Waals surface area contributed by atoms with Crippen LogP contribution in [0.15, 0.2) is 107 Å². The first kappa shape index (κ1) is 87.8. The maximum atomic E-state index is 11.7. The molecule has 7 N–H and O–H groups in total. The average Bonchev–Trinajstić information content (AvgIpc) is 3.50. The van der Waals surface area contributed by atoms with E-state index in [1.54, 1.807) is 26.4 Å². The van der Waals surface area contributed by atoms with Gasteiger partial charge in [0.25, 0.3) is 0 Å². The number of rotatable bonds is 31. The average molecular weight is 1270 g/mol. The number of allylic oxidation sites excluding steroid dienone is 9. The summed E-state index contributed by atoms with van der Waals surface area (Å²) < 4.78 is 20.2. The highest BCUT2D eigenvalue weighted by molar-refractivity contribution is 6.67. The van der Waals surface area contributed by atoms with Gasteiger partial charge in [-0.3, -0.25) is 28.8 Å². The lowest BCUT2D eigenvalue weighted by Crippen LogP contribution is -2.33. The van der Waals surface area contributed by atoms with Crippen molar-refractivity contribution in [3.8, 4) is 11.5 Å². The number of methoxy groups -OCH3 is 2. The minimum absolute atomic E-state index is 0.105. The molecular formula is C69H109Cl2N5O12. The number of nitrogens with one attached hydrogen (secondary N) is 3. The van der Waals surface area contributed by atoms with Crippen molar-refractivity contribution in [2.75, 3.05) is 46.9 Å². The monoisotopic (exact) mass is 1270 g/mol. The largest absolute Gasteiger partial charge is 0.497 e. The van der Waals surface area contributed by atoms with Crippen molar-refractivity contribution in [2.24, 2.45) is 11.5 Å². The molecule has 2 aromatic rings. The Morgan fingerprint density at radius 2 is 0.773 bits per heavy atom. The summed E-state index contributed by atoms with van der Waals surface area (Å²) in [6, 6.07) is 14.8. The highest BCUT2D eigenvalue weighted by Crippen LogP contribution is 2.15. The molecular weight excluding hydrogens is 1160 g/mol. The molecule has 0 saturated carbocycles. The summed E-state index contributed by atoms with van der Waals surface area (Å²) in [5.41, 5.74) is 15.1. The van der Waals surface area contributed by atoms with E-state index in [1.807, 2.05) is 164 Å². The van der Waals surface area contributed by atoms with E-state index >= 15 is 0 Å². The van der Waals surface area contributed by atoms with Crippen LogP contribution in [-0.2, 0) is 38.2 Å². The van der Waals surface area contributed by atoms with Gasteiger partial charge in [-0.15, -0.1) is 0 Å². The zero-order valence-corrected chi connectivity index (χ0v) is 57.5. The predicted octanol–water partition coefficient (Wildman–Crippen LogP) is 15.0. The fourth-order valence-electron chi connectivity index (χ4n) is 6.40. The number of halogens is 2. The number of ketones is 3. The molecule has 0 heterocycles. The number of alkyl carbamates (subject to hydrolysis) is 2. The first-order valence-corrected chi connectivity index (χ1v) is 30.9. The molecule has 496 valence electrons. The molecule has 0 fully saturated rings. The topological polar surface area (TPSA) is 262 Å². The second kappa shape index (κ2) is 55.6. The van der Waals surface area contributed by atoms with Crippen LogP contribution < -0.4 is 36.9 Å². The molecule has 17 nitrogen and oxygen atoms in total. The molecule has 0 unspecified atom stereocenters. The van der Waals surface area contributed by atoms with E-state index in [4.69, 9.17) is 53.6 Å². The van der Waals surface area contributed by atoms with Crippen LogP contribution in [0.25, 0.3) is 12.2 Å². The van der Waals surface area contributed by atoms with Gasteiger partial charge in [0.2, 0.25) is 16.4 Å². The number of amides is 3. The quantitative estimate of drug-likeness (QED) is 0.0267. The van der Waals surface area contributed by atoms with Gasteiger partial charge in [-0.2, -0.15) is 0 Å². The molecule has 2 rings (SSSR count). The van der Waals surface area contributed by atoms with Gasteiger partial charge < -0.3 is 46.4 Å². The molecule has 0 atom stereocenters. The normalized spacial score (nSPS) is 11.2. The highest BCUT2D eigenvalue weighted by atomic mass is 35.5. The third kappa shape index (κ3) is 61.0. The SMILES string of the molecule is C/C=C(\C)C(=O)CCCCCN.C/C=C(\C)C(=O)CCCCCNC(=O)/C=C/c1ccc(OC)cc1.C/C=C(\C)C(=O)CCCCCNC(=O)OC(C)(C)C.CC(C)(C)OC(=O)NCCCCN.CC(C)=CC(=O)Cl.COc1ccc(/C=C/C(=O)Cl)cc1. The van der Waals surface area contributed by atoms with Crippen LogP contribution >= 0.6 is 23.2 Å². The molecule has 0 radical (unpaired) electrons. The minimum atomic E-state index is -0.476. The van der Waals surface area contributed by atoms with Crippen molar-refractivity contribution in [3.05, 3.63) is 118 Å². The molecule has 0 aromatic heterocycles. The summed E-state index contributed by atoms with van der Waals surface area (Å²) in [5, 5.41) is 7.33. The van der Waals surface area contributed by atoms with Crippen LogP contribution in [-0.4, -0.2) is 104 Å². The van der Waals surface area contributed by atoms with Crippen molar-refractivity contribution in [1.29, 1.82) is 0 Å². The number of hydrogen-bond donors (Lipinski definition) is 5. The predicted molar refractivity (Wildman–Crippen MR) is 363 cm³/mol. The summed E-state index contributed by atoms with van der Waals surface area (Å²) in [6.45, 7) is 29.1. The maximum absolute atomic E-state index is 11.7. The lowest BCUT2D eigenvalue weighted by atomic mass is 10.1. The smallest absolute Gasteiger partial charge is 0.407 e. The van der Waals surface area contributed by atoms with E-state index in [9.17, 15) is 38.4 Å². The van der Waals surface area contributed by atoms with Gasteiger partial charge in [0.05, 0.1) is 14.2 Å². The number of Topliss-reactive ketones (excluding diaryl/α,β-unsaturated/α-hetero) is 3. The lowest BCUT2D eigenvalue weighted by molar-refractivity contribution is -0.117. The molecule has 0 spiro atoms. The van der Waals surface area contributed by atoms with Crippen molar-refractivity contribution in [3.63, 3.8) is 0 Å². The Hall–Kier alpha value is -6.66. The van der Waals surface area contributed by atoms with E-state index in [-0.39, 0.29) is 35.4 Å². The van der Waals surface area contributed by atoms with E-state index < -0.39 is 21.7 Å². The van der Waals surface area contributed by atoms with Crippen molar-refractivity contribution in [1.82, 2.24) is 16.0 Å². The standard InChI is InChI=1S/C20H27NO3.C15H27NO3.C10H9ClO2.C10H19NO.C9H20N2O2.C5H7ClO/c1-4-16(2)19(22)8-6-5-7-15-21-20(23)14-11-17-9-12-18(24-3)13-10-17;1-6-12(2)13(17)10-8-7-9-11-16-14(18)19-15(3,4)5;1-13-9-5-2-8(3-6-9)4-7-10(11)12;1-3-9(2)10(12)7-5-4-6-8-11;1-9(2,3)13-8(12)11-7-5-4-6-10;1-4(2)3-5(6)7/h4,9-14H,5-8,15H2,1-3H3,(H,21,23);6H,7-11H2,1-5H3,(H,16,18);2-7H,1H3;3H,4-8,11H2,1-2H3;4-7,10H2,1-3H3,(H,11,12);3H,1-2H3/b14-11+,16-4+;12-6+;7-4+;9-3+;;. The Morgan fingerprint density at radius 1 is 0.455 bits per heavy atom. The van der Waals surface area contributed by atoms with Gasteiger partial charge in [-0.05, 0) is 255 Å². The van der Waals surface area contributed by atoms with E-state index in [0.29, 0.717) is 45.4 Å². The maximum Gasteiger partial charge on any atom is 0.407 e. The van der Waals surface area contributed by atoms with Gasteiger partial charge in [0, 0.05) is 45.0 Å². The van der Waals surface area contributed by atoms with E-state index in [2.05, 4.69) is 16.0 Å². The van der Waals surface area contributed by atoms with Crippen molar-refractivity contribution >= 4 is 81.3 Å². The van der Waals surface area contributed by atoms with Crippen LogP contribution in [0.5, 0.6) is 11.5 Å². The Labute approximate surface area is 538 Å². The zero-order chi connectivity index (χ0) is 67.9. The van der Waals surface area contributed by atoms with E-state index in [1.165, 1.54) is 18.2 Å². The Morgan fingerprint density at radius 3 is 1.06 bits per heavy atom. The first-order valence-electron chi connectivity index (χ1n) is 30.1. The number of hydrogen-bond acceptors (Lipinski definition) is 14. The minimum Gasteiger partial charge on any atom is -0.497 e. The molecule has 0 aliphatic carbocycles. The number of carbonyl (C=O) groups is 8. The van der Waals surface area contributed by atoms with Gasteiger partial charge in [-0.1, -0.05) is 73.4 Å². The fourth-order valence-corrected chi connectivity index (χ4v) is 6.68. The third-order valence-electron chi connectivity index (χ3n) is 11.6. The summed E-state index contributed by atoms with van der Waals surface area (Å²) >= 11 is 10.1. The van der Waals surface area contributed by atoms with Gasteiger partial charge >= 0.3 is 12.2 Å². The highest BCUT2D eigenvalue weighted by Gasteiger charge is 2.16. The molecule has 88 heavy (non-hydrogen) atoms. The number of nitrogens with two attached hydrogens (primary N) is 2. The Kier molecular flexibility index (Phi) is 55.5. The molecule has 3 amide bonds. The summed E-state index contributed by atoms with van der Waals surface area (Å²) in [6.07, 6.45) is 24.5. The molecule has 0 aliphatic rings. The lowest BCUT2D eigenvalue weighted by Gasteiger charge is -2.19. The summed E-state index contributed by atoms with van der Waals surface area (Å²) in [4.78, 5) is 88.8. The second-order valence-corrected chi connectivity index (χ2v) is 22.8. The Bertz CT molecular complexity index is 2480. The third-order valence-corrected chi connectivity index (χ3v) is 11.9. The molecule has 0 aliphatic heterocycles. The van der Waals surface area contributed by atoms with Crippen LogP contribution in [0, 0.1) is 0 Å². The molecule has 0 bridgehead atoms. The number of carbonyl (C=O) groups excluding carboxylic acids is 8. The van der Waals surface area contributed by atoms with Crippen LogP contribution in [0.1, 0.15) is 198 Å². The Balaban J connectivity index is -0.000000499. The first-order chi connectivity index (χ1) is 41.3. The number of unbranched alkanes of at least 4 members (excludes halogenated alkanes) is 7. The van der Waals surface area contributed by atoms with Gasteiger partial charge in [0.1, 0.15) is 22.7 Å². The van der Waals surface area contributed by atoms with Crippen LogP contribution in [0.4, 0.5) is 9.59 Å². The number of ether oxygens (including phenoxy) is 4. The van der Waals surface area contributed by atoms with Crippen molar-refractivity contribution in [2.45, 2.75) is 198 Å². The number of benzene rings is 2. The second-order valence-electron chi connectivity index (χ2n) is 22.1. The van der Waals surface area contributed by atoms with Crippen molar-refractivity contribution < 1.29 is 57.3 Å². The summed E-state index contributed by atoms with van der Waals surface area (Å²) in [5.74, 6) is 2.17. The fraction of sp³-hybridized carbons (Fsp3) is 0.536.